The zero-order chi connectivity index (χ0) is 12.4. The molecule has 0 saturated heterocycles. The number of aliphatic hydroxyl groups is 1. The summed E-state index contributed by atoms with van der Waals surface area (Å²) in [5.41, 5.74) is 1.09. The van der Waals surface area contributed by atoms with Gasteiger partial charge in [-0.3, -0.25) is 4.98 Å². The van der Waals surface area contributed by atoms with Crippen molar-refractivity contribution >= 4 is 43.2 Å². The number of nitrogens with zero attached hydrogens (tertiary/aromatic N) is 1. The summed E-state index contributed by atoms with van der Waals surface area (Å²) in [6, 6.07) is 5.83. The Morgan fingerprint density at radius 2 is 1.94 bits per heavy atom. The van der Waals surface area contributed by atoms with Gasteiger partial charge in [0.2, 0.25) is 0 Å². The molecule has 0 bridgehead atoms. The lowest BCUT2D eigenvalue weighted by Gasteiger charge is -2.17. The lowest BCUT2D eigenvalue weighted by atomic mass is 9.95. The number of halogens is 2. The minimum atomic E-state index is -0.495. The Morgan fingerprint density at radius 3 is 2.47 bits per heavy atom. The Balaban J connectivity index is 2.23. The van der Waals surface area contributed by atoms with E-state index in [2.05, 4.69) is 36.8 Å². The highest BCUT2D eigenvalue weighted by Gasteiger charge is 2.20. The van der Waals surface area contributed by atoms with Crippen molar-refractivity contribution in [2.24, 2.45) is 0 Å². The van der Waals surface area contributed by atoms with E-state index in [1.807, 2.05) is 25.1 Å². The van der Waals surface area contributed by atoms with Gasteiger partial charge in [-0.15, -0.1) is 11.3 Å². The minimum Gasteiger partial charge on any atom is -0.387 e. The fraction of sp³-hybridized carbons (Fsp3) is 0.250. The molecule has 17 heavy (non-hydrogen) atoms. The molecule has 0 spiro atoms. The summed E-state index contributed by atoms with van der Waals surface area (Å²) < 4.78 is 1.99. The second-order valence-electron chi connectivity index (χ2n) is 3.78. The molecule has 1 N–H and O–H groups in total. The monoisotopic (exact) mass is 375 g/mol. The van der Waals surface area contributed by atoms with Gasteiger partial charge in [0.05, 0.1) is 9.89 Å². The molecule has 0 radical (unpaired) electrons. The number of aliphatic hydroxyl groups excluding tert-OH is 1. The van der Waals surface area contributed by atoms with Crippen molar-refractivity contribution < 1.29 is 5.11 Å². The molecule has 0 fully saturated rings. The smallest absolute Gasteiger partial charge is 0.0948 e. The molecule has 2 unspecified atom stereocenters. The van der Waals surface area contributed by atoms with E-state index in [4.69, 9.17) is 0 Å². The van der Waals surface area contributed by atoms with E-state index in [1.165, 1.54) is 0 Å². The highest BCUT2D eigenvalue weighted by Crippen LogP contribution is 2.40. The van der Waals surface area contributed by atoms with Crippen LogP contribution in [0.2, 0.25) is 0 Å². The maximum atomic E-state index is 10.3. The quantitative estimate of drug-likeness (QED) is 0.854. The Morgan fingerprint density at radius 1 is 1.29 bits per heavy atom. The van der Waals surface area contributed by atoms with Crippen LogP contribution >= 0.6 is 43.2 Å². The van der Waals surface area contributed by atoms with Crippen LogP contribution in [-0.2, 0) is 0 Å². The summed E-state index contributed by atoms with van der Waals surface area (Å²) in [4.78, 5) is 4.94. The van der Waals surface area contributed by atoms with E-state index in [-0.39, 0.29) is 5.92 Å². The molecule has 2 atom stereocenters. The van der Waals surface area contributed by atoms with Crippen molar-refractivity contribution in [3.8, 4) is 0 Å². The molecule has 2 aromatic rings. The van der Waals surface area contributed by atoms with Crippen molar-refractivity contribution in [2.45, 2.75) is 18.9 Å². The largest absolute Gasteiger partial charge is 0.387 e. The molecular weight excluding hydrogens is 366 g/mol. The average Bonchev–Trinajstić information content (AvgIpc) is 2.69. The van der Waals surface area contributed by atoms with Gasteiger partial charge in [0.25, 0.3) is 0 Å². The number of hydrogen-bond donors (Lipinski definition) is 1. The topological polar surface area (TPSA) is 33.1 Å². The molecule has 2 aromatic heterocycles. The predicted octanol–water partition coefficient (Wildman–Crippen LogP) is 4.51. The first-order chi connectivity index (χ1) is 8.09. The van der Waals surface area contributed by atoms with Gasteiger partial charge in [-0.25, -0.2) is 0 Å². The molecule has 0 aliphatic rings. The van der Waals surface area contributed by atoms with Gasteiger partial charge in [-0.2, -0.15) is 0 Å². The average molecular weight is 377 g/mol. The Bertz CT molecular complexity index is 481. The van der Waals surface area contributed by atoms with Gasteiger partial charge < -0.3 is 5.11 Å². The summed E-state index contributed by atoms with van der Waals surface area (Å²) in [6.45, 7) is 2.02. The summed E-state index contributed by atoms with van der Waals surface area (Å²) >= 11 is 8.42. The number of pyridine rings is 1. The molecular formula is C12H11Br2NOS. The van der Waals surface area contributed by atoms with Gasteiger partial charge in [0, 0.05) is 27.7 Å². The van der Waals surface area contributed by atoms with Gasteiger partial charge in [-0.05, 0) is 55.6 Å². The zero-order valence-electron chi connectivity index (χ0n) is 9.10. The lowest BCUT2D eigenvalue weighted by Crippen LogP contribution is -2.06. The van der Waals surface area contributed by atoms with E-state index in [0.717, 1.165) is 18.7 Å². The Kier molecular flexibility index (Phi) is 4.36. The van der Waals surface area contributed by atoms with Crippen LogP contribution < -0.4 is 0 Å². The van der Waals surface area contributed by atoms with E-state index in [1.54, 1.807) is 23.7 Å². The fourth-order valence-electron chi connectivity index (χ4n) is 1.60. The van der Waals surface area contributed by atoms with Crippen LogP contribution in [0.5, 0.6) is 0 Å². The molecule has 0 aliphatic heterocycles. The molecule has 2 heterocycles. The second kappa shape index (κ2) is 5.61. The number of aromatic nitrogens is 1. The van der Waals surface area contributed by atoms with Crippen molar-refractivity contribution in [3.63, 3.8) is 0 Å². The van der Waals surface area contributed by atoms with Crippen LogP contribution in [0.4, 0.5) is 0 Å². The van der Waals surface area contributed by atoms with Crippen molar-refractivity contribution in [2.75, 3.05) is 0 Å². The SMILES string of the molecule is CC(c1ccncc1)C(O)c1cc(Br)c(Br)s1. The van der Waals surface area contributed by atoms with E-state index in [9.17, 15) is 5.11 Å². The van der Waals surface area contributed by atoms with Crippen LogP contribution in [-0.4, -0.2) is 10.1 Å². The van der Waals surface area contributed by atoms with Gasteiger partial charge in [0.1, 0.15) is 0 Å². The maximum absolute atomic E-state index is 10.3. The fourth-order valence-corrected chi connectivity index (χ4v) is 3.79. The highest BCUT2D eigenvalue weighted by molar-refractivity contribution is 9.13. The molecule has 2 nitrogen and oxygen atoms in total. The first kappa shape index (κ1) is 13.2. The van der Waals surface area contributed by atoms with E-state index >= 15 is 0 Å². The molecule has 0 aromatic carbocycles. The predicted molar refractivity (Wildman–Crippen MR) is 77.3 cm³/mol. The van der Waals surface area contributed by atoms with Crippen LogP contribution in [0.3, 0.4) is 0 Å². The van der Waals surface area contributed by atoms with Crippen LogP contribution in [0.15, 0.2) is 38.9 Å². The molecule has 2 rings (SSSR count). The third-order valence-electron chi connectivity index (χ3n) is 2.66. The number of rotatable bonds is 3. The first-order valence-electron chi connectivity index (χ1n) is 5.12. The van der Waals surface area contributed by atoms with Gasteiger partial charge in [0.15, 0.2) is 0 Å². The molecule has 5 heteroatoms. The molecule has 0 amide bonds. The Hall–Kier alpha value is -0.230. The van der Waals surface area contributed by atoms with E-state index < -0.39 is 6.10 Å². The van der Waals surface area contributed by atoms with Crippen LogP contribution in [0, 0.1) is 0 Å². The van der Waals surface area contributed by atoms with Gasteiger partial charge in [-0.1, -0.05) is 6.92 Å². The number of hydrogen-bond acceptors (Lipinski definition) is 3. The normalized spacial score (nSPS) is 14.6. The third-order valence-corrected chi connectivity index (χ3v) is 5.99. The second-order valence-corrected chi connectivity index (χ2v) is 7.04. The van der Waals surface area contributed by atoms with E-state index in [0.29, 0.717) is 0 Å². The van der Waals surface area contributed by atoms with Crippen LogP contribution in [0.1, 0.15) is 29.4 Å². The third kappa shape index (κ3) is 2.96. The molecule has 0 saturated carbocycles. The van der Waals surface area contributed by atoms with Crippen molar-refractivity contribution in [3.05, 3.63) is 49.3 Å². The summed E-state index contributed by atoms with van der Waals surface area (Å²) in [5.74, 6) is 0.0513. The standard InChI is InChI=1S/C12H11Br2NOS/c1-7(8-2-4-15-5-3-8)11(16)10-6-9(13)12(14)17-10/h2-7,11,16H,1H3. The summed E-state index contributed by atoms with van der Waals surface area (Å²) in [5, 5.41) is 10.3. The molecule has 0 aliphatic carbocycles. The zero-order valence-corrected chi connectivity index (χ0v) is 13.1. The number of thiophene rings is 1. The van der Waals surface area contributed by atoms with Crippen LogP contribution in [0.25, 0.3) is 0 Å². The Labute approximate surface area is 121 Å². The van der Waals surface area contributed by atoms with Crippen molar-refractivity contribution in [1.82, 2.24) is 4.98 Å². The summed E-state index contributed by atoms with van der Waals surface area (Å²) in [7, 11) is 0. The molecule has 90 valence electrons. The minimum absolute atomic E-state index is 0.0513. The highest BCUT2D eigenvalue weighted by atomic mass is 79.9. The summed E-state index contributed by atoms with van der Waals surface area (Å²) in [6.07, 6.45) is 3.00. The van der Waals surface area contributed by atoms with Gasteiger partial charge >= 0.3 is 0 Å². The first-order valence-corrected chi connectivity index (χ1v) is 7.52. The lowest BCUT2D eigenvalue weighted by molar-refractivity contribution is 0.155. The maximum Gasteiger partial charge on any atom is 0.0948 e. The van der Waals surface area contributed by atoms with Crippen molar-refractivity contribution in [1.29, 1.82) is 0 Å².